The third-order valence-corrected chi connectivity index (χ3v) is 6.18. The SMILES string of the molecule is CC(C)c1ccc([C@@H](c2oc3ccccc3c2NC(=O)c2ccco2)N2CCOCC2)cc1. The number of hydrogen-bond acceptors (Lipinski definition) is 5. The number of morpholine rings is 1. The molecule has 0 spiro atoms. The molecule has 4 aromatic rings. The number of furan rings is 2. The molecule has 6 nitrogen and oxygen atoms in total. The van der Waals surface area contributed by atoms with Gasteiger partial charge in [0.15, 0.2) is 5.76 Å². The Hall–Kier alpha value is -3.35. The quantitative estimate of drug-likeness (QED) is 0.406. The summed E-state index contributed by atoms with van der Waals surface area (Å²) in [5, 5.41) is 3.94. The van der Waals surface area contributed by atoms with Crippen molar-refractivity contribution >= 4 is 22.6 Å². The molecule has 6 heteroatoms. The molecule has 2 aromatic carbocycles. The van der Waals surface area contributed by atoms with Gasteiger partial charge in [-0.1, -0.05) is 50.2 Å². The summed E-state index contributed by atoms with van der Waals surface area (Å²) in [7, 11) is 0. The van der Waals surface area contributed by atoms with Crippen molar-refractivity contribution in [1.82, 2.24) is 4.90 Å². The summed E-state index contributed by atoms with van der Waals surface area (Å²) in [5.74, 6) is 1.13. The molecule has 0 aliphatic carbocycles. The third-order valence-electron chi connectivity index (χ3n) is 6.18. The van der Waals surface area contributed by atoms with Gasteiger partial charge < -0.3 is 18.9 Å². The second kappa shape index (κ2) is 9.25. The largest absolute Gasteiger partial charge is 0.459 e. The first-order chi connectivity index (χ1) is 16.1. The molecular formula is C27H28N2O4. The number of nitrogens with one attached hydrogen (secondary N) is 1. The lowest BCUT2D eigenvalue weighted by Crippen LogP contribution is -2.39. The molecule has 5 rings (SSSR count). The molecule has 1 fully saturated rings. The van der Waals surface area contributed by atoms with Crippen LogP contribution in [0.5, 0.6) is 0 Å². The van der Waals surface area contributed by atoms with Crippen molar-refractivity contribution < 1.29 is 18.4 Å². The predicted octanol–water partition coefficient (Wildman–Crippen LogP) is 5.82. The lowest BCUT2D eigenvalue weighted by molar-refractivity contribution is 0.0206. The van der Waals surface area contributed by atoms with Crippen molar-refractivity contribution in [3.63, 3.8) is 0 Å². The van der Waals surface area contributed by atoms with Gasteiger partial charge >= 0.3 is 0 Å². The monoisotopic (exact) mass is 444 g/mol. The Balaban J connectivity index is 1.62. The lowest BCUT2D eigenvalue weighted by Gasteiger charge is -2.34. The smallest absolute Gasteiger partial charge is 0.291 e. The average Bonchev–Trinajstić information content (AvgIpc) is 3.50. The normalized spacial score (nSPS) is 15.7. The van der Waals surface area contributed by atoms with Crippen LogP contribution >= 0.6 is 0 Å². The van der Waals surface area contributed by atoms with Crippen molar-refractivity contribution in [3.05, 3.63) is 89.6 Å². The fourth-order valence-corrected chi connectivity index (χ4v) is 4.40. The number of rotatable bonds is 6. The van der Waals surface area contributed by atoms with E-state index in [0.717, 1.165) is 35.4 Å². The number of hydrogen-bond donors (Lipinski definition) is 1. The zero-order chi connectivity index (χ0) is 22.8. The molecule has 3 heterocycles. The Bertz CT molecular complexity index is 1220. The van der Waals surface area contributed by atoms with E-state index >= 15 is 0 Å². The van der Waals surface area contributed by atoms with Gasteiger partial charge in [0.25, 0.3) is 5.91 Å². The van der Waals surface area contributed by atoms with Crippen molar-refractivity contribution in [2.24, 2.45) is 0 Å². The molecule has 170 valence electrons. The number of amides is 1. The van der Waals surface area contributed by atoms with Crippen LogP contribution in [0.15, 0.2) is 75.8 Å². The van der Waals surface area contributed by atoms with E-state index in [0.29, 0.717) is 24.8 Å². The highest BCUT2D eigenvalue weighted by atomic mass is 16.5. The Morgan fingerprint density at radius 1 is 0.939 bits per heavy atom. The van der Waals surface area contributed by atoms with Gasteiger partial charge in [-0.3, -0.25) is 9.69 Å². The molecule has 0 bridgehead atoms. The number of carbonyl (C=O) groups excluding carboxylic acids is 1. The minimum atomic E-state index is -0.302. The summed E-state index contributed by atoms with van der Waals surface area (Å²) < 4.78 is 17.4. The Morgan fingerprint density at radius 2 is 1.67 bits per heavy atom. The van der Waals surface area contributed by atoms with E-state index < -0.39 is 0 Å². The van der Waals surface area contributed by atoms with Crippen LogP contribution in [-0.4, -0.2) is 37.1 Å². The predicted molar refractivity (Wildman–Crippen MR) is 128 cm³/mol. The molecule has 1 saturated heterocycles. The summed E-state index contributed by atoms with van der Waals surface area (Å²) in [4.78, 5) is 15.3. The Kier molecular flexibility index (Phi) is 6.03. The first-order valence-electron chi connectivity index (χ1n) is 11.4. The Labute approximate surface area is 193 Å². The summed E-state index contributed by atoms with van der Waals surface area (Å²) in [6.07, 6.45) is 1.50. The minimum Gasteiger partial charge on any atom is -0.459 e. The topological polar surface area (TPSA) is 67.9 Å². The van der Waals surface area contributed by atoms with E-state index in [4.69, 9.17) is 13.6 Å². The van der Waals surface area contributed by atoms with Gasteiger partial charge in [0.05, 0.1) is 31.2 Å². The van der Waals surface area contributed by atoms with Crippen molar-refractivity contribution in [2.45, 2.75) is 25.8 Å². The van der Waals surface area contributed by atoms with Crippen molar-refractivity contribution in [1.29, 1.82) is 0 Å². The van der Waals surface area contributed by atoms with E-state index in [1.54, 1.807) is 12.1 Å². The number of anilines is 1. The van der Waals surface area contributed by atoms with Gasteiger partial charge in [0.1, 0.15) is 11.3 Å². The van der Waals surface area contributed by atoms with Gasteiger partial charge in [0, 0.05) is 18.5 Å². The van der Waals surface area contributed by atoms with Crippen LogP contribution in [0.2, 0.25) is 0 Å². The van der Waals surface area contributed by atoms with Gasteiger partial charge in [-0.05, 0) is 41.3 Å². The molecular weight excluding hydrogens is 416 g/mol. The van der Waals surface area contributed by atoms with Crippen LogP contribution < -0.4 is 5.32 Å². The van der Waals surface area contributed by atoms with Crippen LogP contribution in [0.3, 0.4) is 0 Å². The number of nitrogens with zero attached hydrogens (tertiary/aromatic N) is 1. The molecule has 1 atom stereocenters. The van der Waals surface area contributed by atoms with Crippen LogP contribution in [-0.2, 0) is 4.74 Å². The van der Waals surface area contributed by atoms with Crippen LogP contribution in [0.1, 0.15) is 53.2 Å². The van der Waals surface area contributed by atoms with Crippen LogP contribution in [0.25, 0.3) is 11.0 Å². The van der Waals surface area contributed by atoms with Crippen LogP contribution in [0, 0.1) is 0 Å². The maximum absolute atomic E-state index is 12.9. The Morgan fingerprint density at radius 3 is 2.36 bits per heavy atom. The number of para-hydroxylation sites is 1. The highest BCUT2D eigenvalue weighted by Crippen LogP contribution is 2.41. The van der Waals surface area contributed by atoms with Gasteiger partial charge in [-0.25, -0.2) is 0 Å². The molecule has 2 aromatic heterocycles. The zero-order valence-electron chi connectivity index (χ0n) is 18.9. The van der Waals surface area contributed by atoms with Crippen LogP contribution in [0.4, 0.5) is 5.69 Å². The number of ether oxygens (including phenoxy) is 1. The molecule has 1 amide bonds. The van der Waals surface area contributed by atoms with Crippen molar-refractivity contribution in [2.75, 3.05) is 31.6 Å². The van der Waals surface area contributed by atoms with Crippen molar-refractivity contribution in [3.8, 4) is 0 Å². The van der Waals surface area contributed by atoms with E-state index in [-0.39, 0.29) is 17.7 Å². The zero-order valence-corrected chi connectivity index (χ0v) is 18.9. The summed E-state index contributed by atoms with van der Waals surface area (Å²) in [5.41, 5.74) is 3.82. The average molecular weight is 445 g/mol. The maximum atomic E-state index is 12.9. The second-order valence-electron chi connectivity index (χ2n) is 8.64. The number of carbonyl (C=O) groups is 1. The molecule has 0 saturated carbocycles. The van der Waals surface area contributed by atoms with Gasteiger partial charge in [-0.15, -0.1) is 0 Å². The van der Waals surface area contributed by atoms with Gasteiger partial charge in [-0.2, -0.15) is 0 Å². The summed E-state index contributed by atoms with van der Waals surface area (Å²) in [6, 6.07) is 19.7. The minimum absolute atomic E-state index is 0.158. The second-order valence-corrected chi connectivity index (χ2v) is 8.64. The number of benzene rings is 2. The molecule has 0 unspecified atom stereocenters. The molecule has 1 aliphatic heterocycles. The fourth-order valence-electron chi connectivity index (χ4n) is 4.40. The molecule has 0 radical (unpaired) electrons. The summed E-state index contributed by atoms with van der Waals surface area (Å²) in [6.45, 7) is 7.26. The third kappa shape index (κ3) is 4.32. The van der Waals surface area contributed by atoms with Gasteiger partial charge in [0.2, 0.25) is 0 Å². The lowest BCUT2D eigenvalue weighted by atomic mass is 9.96. The standard InChI is InChI=1S/C27H28N2O4/c1-18(2)19-9-11-20(12-10-19)25(29-13-16-31-17-14-29)26-24(21-6-3-4-7-22(21)33-26)28-27(30)23-8-5-15-32-23/h3-12,15,18,25H,13-14,16-17H2,1-2H3,(H,28,30)/t25-/m0/s1. The summed E-state index contributed by atoms with van der Waals surface area (Å²) >= 11 is 0. The first-order valence-corrected chi connectivity index (χ1v) is 11.4. The molecule has 33 heavy (non-hydrogen) atoms. The number of fused-ring (bicyclic) bond motifs is 1. The molecule has 1 N–H and O–H groups in total. The highest BCUT2D eigenvalue weighted by Gasteiger charge is 2.31. The van der Waals surface area contributed by atoms with E-state index in [1.165, 1.54) is 11.8 Å². The first kappa shape index (κ1) is 21.5. The fraction of sp³-hybridized carbons (Fsp3) is 0.296. The van der Waals surface area contributed by atoms with E-state index in [2.05, 4.69) is 48.3 Å². The molecule has 1 aliphatic rings. The van der Waals surface area contributed by atoms with E-state index in [1.807, 2.05) is 24.3 Å². The maximum Gasteiger partial charge on any atom is 0.291 e. The highest BCUT2D eigenvalue weighted by molar-refractivity contribution is 6.08. The van der Waals surface area contributed by atoms with E-state index in [9.17, 15) is 4.79 Å².